The van der Waals surface area contributed by atoms with Gasteiger partial charge in [-0.05, 0) is 53.5 Å². The molecular formula is C30H34N2O3S. The van der Waals surface area contributed by atoms with Crippen LogP contribution in [0.2, 0.25) is 0 Å². The zero-order valence-corrected chi connectivity index (χ0v) is 22.9. The maximum atomic E-state index is 13.7. The summed E-state index contributed by atoms with van der Waals surface area (Å²) in [5, 5.41) is 0. The van der Waals surface area contributed by atoms with Crippen LogP contribution in [0.5, 0.6) is 0 Å². The van der Waals surface area contributed by atoms with Crippen molar-refractivity contribution in [3.05, 3.63) is 102 Å². The lowest BCUT2D eigenvalue weighted by atomic mass is 9.87. The van der Waals surface area contributed by atoms with Crippen molar-refractivity contribution in [1.29, 1.82) is 0 Å². The van der Waals surface area contributed by atoms with Crippen molar-refractivity contribution in [2.24, 2.45) is 4.99 Å². The predicted molar refractivity (Wildman–Crippen MR) is 146 cm³/mol. The minimum atomic E-state index is -0.591. The summed E-state index contributed by atoms with van der Waals surface area (Å²) in [7, 11) is 0. The van der Waals surface area contributed by atoms with E-state index in [2.05, 4.69) is 63.9 Å². The van der Waals surface area contributed by atoms with Crippen LogP contribution in [-0.4, -0.2) is 17.1 Å². The highest BCUT2D eigenvalue weighted by Gasteiger charge is 2.33. The van der Waals surface area contributed by atoms with Gasteiger partial charge >= 0.3 is 5.97 Å². The molecule has 3 aromatic rings. The van der Waals surface area contributed by atoms with Gasteiger partial charge in [0.2, 0.25) is 0 Å². The fourth-order valence-corrected chi connectivity index (χ4v) is 5.45. The zero-order chi connectivity index (χ0) is 26.2. The summed E-state index contributed by atoms with van der Waals surface area (Å²) >= 11 is 1.35. The summed E-state index contributed by atoms with van der Waals surface area (Å²) < 4.78 is 7.61. The topological polar surface area (TPSA) is 60.7 Å². The maximum absolute atomic E-state index is 13.7. The fraction of sp³-hybridized carbons (Fsp3) is 0.367. The second kappa shape index (κ2) is 10.0. The van der Waals surface area contributed by atoms with Crippen molar-refractivity contribution in [3.8, 4) is 0 Å². The average molecular weight is 503 g/mol. The fourth-order valence-electron chi connectivity index (χ4n) is 4.40. The van der Waals surface area contributed by atoms with Crippen molar-refractivity contribution >= 4 is 23.4 Å². The van der Waals surface area contributed by atoms with Crippen LogP contribution in [0.3, 0.4) is 0 Å². The number of carbonyl (C=O) groups is 1. The highest BCUT2D eigenvalue weighted by molar-refractivity contribution is 7.07. The second-order valence-corrected chi connectivity index (χ2v) is 11.5. The third-order valence-electron chi connectivity index (χ3n) is 6.51. The van der Waals surface area contributed by atoms with Gasteiger partial charge in [-0.2, -0.15) is 0 Å². The molecule has 36 heavy (non-hydrogen) atoms. The van der Waals surface area contributed by atoms with E-state index in [9.17, 15) is 9.59 Å². The Morgan fingerprint density at radius 1 is 1.11 bits per heavy atom. The molecule has 1 aromatic heterocycles. The number of esters is 1. The van der Waals surface area contributed by atoms with Gasteiger partial charge in [0.05, 0.1) is 28.5 Å². The molecule has 188 valence electrons. The summed E-state index contributed by atoms with van der Waals surface area (Å²) in [6.07, 6.45) is 1.90. The van der Waals surface area contributed by atoms with Crippen molar-refractivity contribution in [2.75, 3.05) is 6.61 Å². The number of fused-ring (bicyclic) bond motifs is 1. The Morgan fingerprint density at radius 2 is 1.75 bits per heavy atom. The minimum absolute atomic E-state index is 0.0595. The molecule has 0 bridgehead atoms. The summed E-state index contributed by atoms with van der Waals surface area (Å²) in [6.45, 7) is 14.7. The summed E-state index contributed by atoms with van der Waals surface area (Å²) in [5.74, 6) is -0.0590. The van der Waals surface area contributed by atoms with Crippen LogP contribution >= 0.6 is 11.3 Å². The largest absolute Gasteiger partial charge is 0.463 e. The van der Waals surface area contributed by atoms with Crippen LogP contribution in [0.4, 0.5) is 0 Å². The first kappa shape index (κ1) is 25.8. The van der Waals surface area contributed by atoms with Crippen LogP contribution in [0.25, 0.3) is 6.08 Å². The number of aromatic nitrogens is 1. The Kier molecular flexibility index (Phi) is 7.19. The van der Waals surface area contributed by atoms with Crippen molar-refractivity contribution in [1.82, 2.24) is 4.57 Å². The number of hydrogen-bond acceptors (Lipinski definition) is 5. The molecular weight excluding hydrogens is 468 g/mol. The van der Waals surface area contributed by atoms with Crippen molar-refractivity contribution in [2.45, 2.75) is 65.8 Å². The van der Waals surface area contributed by atoms with Gasteiger partial charge in [-0.15, -0.1) is 0 Å². The quantitative estimate of drug-likeness (QED) is 0.450. The number of rotatable bonds is 5. The van der Waals surface area contributed by atoms with Gasteiger partial charge < -0.3 is 4.74 Å². The number of nitrogens with zero attached hydrogens (tertiary/aromatic N) is 2. The molecule has 6 heteroatoms. The molecule has 0 aliphatic carbocycles. The molecule has 0 fully saturated rings. The maximum Gasteiger partial charge on any atom is 0.338 e. The van der Waals surface area contributed by atoms with Gasteiger partial charge in [-0.3, -0.25) is 9.36 Å². The smallest absolute Gasteiger partial charge is 0.338 e. The molecule has 1 atom stereocenters. The standard InChI is InChI=1S/C30H34N2O3S/c1-8-35-28(34)25-19(4)31-29-32(26(25)22-13-11-21(12-14-22)18(2)3)27(33)24(36-29)17-20-9-15-23(16-10-20)30(5,6)7/h9-18,26H,8H2,1-7H3/b24-17-/t26-/m1/s1. The molecule has 0 N–H and O–H groups in total. The Balaban J connectivity index is 1.88. The molecule has 2 aromatic carbocycles. The lowest BCUT2D eigenvalue weighted by Crippen LogP contribution is -2.39. The van der Waals surface area contributed by atoms with Gasteiger partial charge in [0.15, 0.2) is 4.80 Å². The third kappa shape index (κ3) is 5.00. The van der Waals surface area contributed by atoms with E-state index in [1.165, 1.54) is 22.5 Å². The first-order valence-electron chi connectivity index (χ1n) is 12.4. The summed E-state index contributed by atoms with van der Waals surface area (Å²) in [5.41, 5.74) is 5.13. The molecule has 0 saturated heterocycles. The number of allylic oxidation sites excluding steroid dienone is 1. The van der Waals surface area contributed by atoms with Crippen LogP contribution < -0.4 is 14.9 Å². The molecule has 0 unspecified atom stereocenters. The molecule has 1 aliphatic heterocycles. The number of hydrogen-bond donors (Lipinski definition) is 0. The van der Waals surface area contributed by atoms with Crippen molar-refractivity contribution < 1.29 is 9.53 Å². The lowest BCUT2D eigenvalue weighted by Gasteiger charge is -2.25. The van der Waals surface area contributed by atoms with Gasteiger partial charge in [-0.1, -0.05) is 94.5 Å². The molecule has 0 saturated carbocycles. The number of thiazole rings is 1. The van der Waals surface area contributed by atoms with Gasteiger partial charge in [0, 0.05) is 0 Å². The molecule has 5 nitrogen and oxygen atoms in total. The lowest BCUT2D eigenvalue weighted by molar-refractivity contribution is -0.139. The van der Waals surface area contributed by atoms with E-state index in [-0.39, 0.29) is 17.6 Å². The number of benzene rings is 2. The van der Waals surface area contributed by atoms with E-state index in [1.54, 1.807) is 11.5 Å². The average Bonchev–Trinajstić information content (AvgIpc) is 3.12. The normalized spacial score (nSPS) is 16.2. The third-order valence-corrected chi connectivity index (χ3v) is 7.49. The van der Waals surface area contributed by atoms with Crippen LogP contribution in [0.1, 0.15) is 82.7 Å². The zero-order valence-electron chi connectivity index (χ0n) is 22.1. The Hall–Kier alpha value is -3.25. The molecule has 4 rings (SSSR count). The minimum Gasteiger partial charge on any atom is -0.463 e. The molecule has 1 aliphatic rings. The molecule has 0 amide bonds. The second-order valence-electron chi connectivity index (χ2n) is 10.5. The van der Waals surface area contributed by atoms with Gasteiger partial charge in [-0.25, -0.2) is 9.79 Å². The van der Waals surface area contributed by atoms with E-state index >= 15 is 0 Å². The first-order valence-corrected chi connectivity index (χ1v) is 13.2. The van der Waals surface area contributed by atoms with E-state index < -0.39 is 12.0 Å². The van der Waals surface area contributed by atoms with E-state index in [0.717, 1.165) is 11.1 Å². The van der Waals surface area contributed by atoms with Crippen LogP contribution in [0.15, 0.2) is 69.6 Å². The van der Waals surface area contributed by atoms with Gasteiger partial charge in [0.1, 0.15) is 0 Å². The Bertz CT molecular complexity index is 1480. The Morgan fingerprint density at radius 3 is 2.31 bits per heavy atom. The molecule has 2 heterocycles. The van der Waals surface area contributed by atoms with Crippen LogP contribution in [-0.2, 0) is 14.9 Å². The highest BCUT2D eigenvalue weighted by Crippen LogP contribution is 2.31. The SMILES string of the molecule is CCOC(=O)C1=C(C)N=c2s/c(=C\c3ccc(C(C)(C)C)cc3)c(=O)n2[C@@H]1c1ccc(C(C)C)cc1. The predicted octanol–water partition coefficient (Wildman–Crippen LogP) is 5.22. The van der Waals surface area contributed by atoms with E-state index in [0.29, 0.717) is 26.5 Å². The van der Waals surface area contributed by atoms with Gasteiger partial charge in [0.25, 0.3) is 5.56 Å². The van der Waals surface area contributed by atoms with Crippen LogP contribution in [0, 0.1) is 0 Å². The first-order chi connectivity index (χ1) is 17.0. The number of carbonyl (C=O) groups excluding carboxylic acids is 1. The van der Waals surface area contributed by atoms with E-state index in [4.69, 9.17) is 4.74 Å². The Labute approximate surface area is 216 Å². The highest BCUT2D eigenvalue weighted by atomic mass is 32.1. The monoisotopic (exact) mass is 502 g/mol. The summed E-state index contributed by atoms with van der Waals surface area (Å²) in [4.78, 5) is 32.0. The molecule has 0 spiro atoms. The number of ether oxygens (including phenoxy) is 1. The van der Waals surface area contributed by atoms with Crippen molar-refractivity contribution in [3.63, 3.8) is 0 Å². The van der Waals surface area contributed by atoms with E-state index in [1.807, 2.05) is 37.3 Å². The molecule has 0 radical (unpaired) electrons. The summed E-state index contributed by atoms with van der Waals surface area (Å²) in [6, 6.07) is 15.8.